The molecule has 0 unspecified atom stereocenters. The molecule has 3 rings (SSSR count). The molecular formula is C16H18N4O2. The van der Waals surface area contributed by atoms with E-state index < -0.39 is 0 Å². The van der Waals surface area contributed by atoms with Crippen LogP contribution in [0.4, 0.5) is 11.5 Å². The number of nitrogens with one attached hydrogen (secondary N) is 2. The summed E-state index contributed by atoms with van der Waals surface area (Å²) < 4.78 is 5.36. The Morgan fingerprint density at radius 1 is 1.23 bits per heavy atom. The average Bonchev–Trinajstić information content (AvgIpc) is 3.34. The van der Waals surface area contributed by atoms with Crippen LogP contribution in [0.25, 0.3) is 0 Å². The van der Waals surface area contributed by atoms with Gasteiger partial charge in [0.2, 0.25) is 0 Å². The number of amides is 1. The third-order valence-electron chi connectivity index (χ3n) is 3.24. The van der Waals surface area contributed by atoms with Gasteiger partial charge in [-0.15, -0.1) is 0 Å². The lowest BCUT2D eigenvalue weighted by Crippen LogP contribution is -2.14. The van der Waals surface area contributed by atoms with Crippen LogP contribution in [0.2, 0.25) is 0 Å². The van der Waals surface area contributed by atoms with Crippen LogP contribution in [0.3, 0.4) is 0 Å². The highest BCUT2D eigenvalue weighted by atomic mass is 16.5. The SMILES string of the molecule is CCOc1ccc(NC(=O)c2cnc(NC3CC3)cn2)cc1. The van der Waals surface area contributed by atoms with Gasteiger partial charge in [0.25, 0.3) is 5.91 Å². The monoisotopic (exact) mass is 298 g/mol. The van der Waals surface area contributed by atoms with Crippen LogP contribution in [0.15, 0.2) is 36.7 Å². The zero-order valence-electron chi connectivity index (χ0n) is 12.4. The highest BCUT2D eigenvalue weighted by molar-refractivity contribution is 6.02. The van der Waals surface area contributed by atoms with Crippen molar-refractivity contribution in [1.29, 1.82) is 0 Å². The van der Waals surface area contributed by atoms with Crippen molar-refractivity contribution < 1.29 is 9.53 Å². The predicted octanol–water partition coefficient (Wildman–Crippen LogP) is 2.70. The Morgan fingerprint density at radius 2 is 2.00 bits per heavy atom. The molecule has 1 fully saturated rings. The molecule has 1 aromatic heterocycles. The molecule has 1 heterocycles. The Hall–Kier alpha value is -2.63. The van der Waals surface area contributed by atoms with Crippen LogP contribution in [-0.2, 0) is 0 Å². The van der Waals surface area contributed by atoms with E-state index in [9.17, 15) is 4.79 Å². The molecule has 1 aromatic carbocycles. The predicted molar refractivity (Wildman–Crippen MR) is 84.2 cm³/mol. The first-order valence-corrected chi connectivity index (χ1v) is 7.37. The van der Waals surface area contributed by atoms with E-state index in [-0.39, 0.29) is 11.6 Å². The zero-order valence-corrected chi connectivity index (χ0v) is 12.4. The standard InChI is InChI=1S/C16H18N4O2/c1-2-22-13-7-5-12(6-8-13)20-16(21)14-9-18-15(10-17-14)19-11-3-4-11/h5-11H,2-4H2,1H3,(H,18,19)(H,20,21). The Bertz CT molecular complexity index is 636. The van der Waals surface area contributed by atoms with E-state index in [1.54, 1.807) is 18.3 Å². The van der Waals surface area contributed by atoms with Gasteiger partial charge in [-0.05, 0) is 44.0 Å². The van der Waals surface area contributed by atoms with Crippen molar-refractivity contribution >= 4 is 17.4 Å². The van der Waals surface area contributed by atoms with Gasteiger partial charge in [0, 0.05) is 11.7 Å². The van der Waals surface area contributed by atoms with Crippen LogP contribution in [0.1, 0.15) is 30.3 Å². The maximum absolute atomic E-state index is 12.1. The van der Waals surface area contributed by atoms with E-state index in [1.165, 1.54) is 19.0 Å². The molecule has 6 nitrogen and oxygen atoms in total. The van der Waals surface area contributed by atoms with Crippen LogP contribution in [-0.4, -0.2) is 28.5 Å². The Labute approximate surface area is 128 Å². The molecule has 0 radical (unpaired) electrons. The van der Waals surface area contributed by atoms with Crippen molar-refractivity contribution in [2.75, 3.05) is 17.2 Å². The largest absolute Gasteiger partial charge is 0.494 e. The number of hydrogen-bond acceptors (Lipinski definition) is 5. The third-order valence-corrected chi connectivity index (χ3v) is 3.24. The molecule has 6 heteroatoms. The Morgan fingerprint density at radius 3 is 2.59 bits per heavy atom. The van der Waals surface area contributed by atoms with Gasteiger partial charge in [-0.25, -0.2) is 9.97 Å². The summed E-state index contributed by atoms with van der Waals surface area (Å²) in [6.45, 7) is 2.54. The van der Waals surface area contributed by atoms with Crippen LogP contribution in [0.5, 0.6) is 5.75 Å². The molecule has 1 aliphatic rings. The molecule has 0 saturated heterocycles. The molecular weight excluding hydrogens is 280 g/mol. The van der Waals surface area contributed by atoms with Gasteiger partial charge < -0.3 is 15.4 Å². The molecule has 22 heavy (non-hydrogen) atoms. The molecule has 114 valence electrons. The van der Waals surface area contributed by atoms with Crippen molar-refractivity contribution in [3.63, 3.8) is 0 Å². The van der Waals surface area contributed by atoms with Gasteiger partial charge in [-0.2, -0.15) is 0 Å². The van der Waals surface area contributed by atoms with E-state index in [0.717, 1.165) is 5.75 Å². The first-order chi connectivity index (χ1) is 10.7. The highest BCUT2D eigenvalue weighted by Gasteiger charge is 2.21. The van der Waals surface area contributed by atoms with Crippen molar-refractivity contribution in [3.8, 4) is 5.75 Å². The van der Waals surface area contributed by atoms with Gasteiger partial charge in [0.1, 0.15) is 17.3 Å². The van der Waals surface area contributed by atoms with Crippen molar-refractivity contribution in [1.82, 2.24) is 9.97 Å². The lowest BCUT2D eigenvalue weighted by molar-refractivity contribution is 0.102. The molecule has 0 aliphatic heterocycles. The minimum atomic E-state index is -0.283. The minimum Gasteiger partial charge on any atom is -0.494 e. The number of nitrogens with zero attached hydrogens (tertiary/aromatic N) is 2. The number of carbonyl (C=O) groups excluding carboxylic acids is 1. The van der Waals surface area contributed by atoms with E-state index in [0.29, 0.717) is 24.2 Å². The Kier molecular flexibility index (Phi) is 4.18. The molecule has 1 aliphatic carbocycles. The highest BCUT2D eigenvalue weighted by Crippen LogP contribution is 2.23. The van der Waals surface area contributed by atoms with E-state index in [1.807, 2.05) is 19.1 Å². The summed E-state index contributed by atoms with van der Waals surface area (Å²) in [7, 11) is 0. The molecule has 1 amide bonds. The summed E-state index contributed by atoms with van der Waals surface area (Å²) in [5.41, 5.74) is 0.977. The normalized spacial score (nSPS) is 13.5. The first kappa shape index (κ1) is 14.3. The molecule has 1 saturated carbocycles. The fraction of sp³-hybridized carbons (Fsp3) is 0.312. The summed E-state index contributed by atoms with van der Waals surface area (Å²) >= 11 is 0. The minimum absolute atomic E-state index is 0.283. The van der Waals surface area contributed by atoms with Crippen molar-refractivity contribution in [3.05, 3.63) is 42.4 Å². The second-order valence-electron chi connectivity index (χ2n) is 5.12. The van der Waals surface area contributed by atoms with Gasteiger partial charge in [0.05, 0.1) is 19.0 Å². The van der Waals surface area contributed by atoms with Gasteiger partial charge in [0.15, 0.2) is 0 Å². The third kappa shape index (κ3) is 3.72. The fourth-order valence-electron chi connectivity index (χ4n) is 1.95. The molecule has 0 atom stereocenters. The summed E-state index contributed by atoms with van der Waals surface area (Å²) in [4.78, 5) is 20.5. The lowest BCUT2D eigenvalue weighted by atomic mass is 10.3. The van der Waals surface area contributed by atoms with Gasteiger partial charge >= 0.3 is 0 Å². The number of aromatic nitrogens is 2. The van der Waals surface area contributed by atoms with E-state index >= 15 is 0 Å². The number of benzene rings is 1. The Balaban J connectivity index is 1.60. The molecule has 2 aromatic rings. The van der Waals surface area contributed by atoms with E-state index in [4.69, 9.17) is 4.74 Å². The zero-order chi connectivity index (χ0) is 15.4. The number of anilines is 2. The van der Waals surface area contributed by atoms with Gasteiger partial charge in [-0.3, -0.25) is 4.79 Å². The number of rotatable bonds is 6. The van der Waals surface area contributed by atoms with Crippen molar-refractivity contribution in [2.45, 2.75) is 25.8 Å². The van der Waals surface area contributed by atoms with E-state index in [2.05, 4.69) is 20.6 Å². The fourth-order valence-corrected chi connectivity index (χ4v) is 1.95. The van der Waals surface area contributed by atoms with Crippen LogP contribution in [0, 0.1) is 0 Å². The summed E-state index contributed by atoms with van der Waals surface area (Å²) in [5, 5.41) is 6.01. The molecule has 0 bridgehead atoms. The topological polar surface area (TPSA) is 76.1 Å². The lowest BCUT2D eigenvalue weighted by Gasteiger charge is -2.07. The number of hydrogen-bond donors (Lipinski definition) is 2. The maximum atomic E-state index is 12.1. The second-order valence-corrected chi connectivity index (χ2v) is 5.12. The first-order valence-electron chi connectivity index (χ1n) is 7.37. The second kappa shape index (κ2) is 6.43. The summed E-state index contributed by atoms with van der Waals surface area (Å²) in [5.74, 6) is 1.20. The van der Waals surface area contributed by atoms with Gasteiger partial charge in [-0.1, -0.05) is 0 Å². The van der Waals surface area contributed by atoms with Crippen molar-refractivity contribution in [2.24, 2.45) is 0 Å². The van der Waals surface area contributed by atoms with Crippen LogP contribution < -0.4 is 15.4 Å². The van der Waals surface area contributed by atoms with Crippen LogP contribution >= 0.6 is 0 Å². The number of ether oxygens (including phenoxy) is 1. The molecule has 2 N–H and O–H groups in total. The maximum Gasteiger partial charge on any atom is 0.275 e. The average molecular weight is 298 g/mol. The summed E-state index contributed by atoms with van der Waals surface area (Å²) in [6, 6.07) is 7.72. The quantitative estimate of drug-likeness (QED) is 0.857. The summed E-state index contributed by atoms with van der Waals surface area (Å²) in [6.07, 6.45) is 5.41. The molecule has 0 spiro atoms. The number of carbonyl (C=O) groups is 1. The smallest absolute Gasteiger partial charge is 0.275 e.